The summed E-state index contributed by atoms with van der Waals surface area (Å²) in [5, 5.41) is 6.53. The molecule has 1 heterocycles. The third-order valence-corrected chi connectivity index (χ3v) is 7.66. The fourth-order valence-electron chi connectivity index (χ4n) is 3.99. The quantitative estimate of drug-likeness (QED) is 0.541. The Balaban J connectivity index is 1.30. The van der Waals surface area contributed by atoms with Crippen LogP contribution in [0.3, 0.4) is 0 Å². The van der Waals surface area contributed by atoms with Crippen molar-refractivity contribution in [1.29, 1.82) is 0 Å². The minimum Gasteiger partial charge on any atom is -0.356 e. The van der Waals surface area contributed by atoms with E-state index < -0.39 is 10.0 Å². The average molecular weight is 413 g/mol. The van der Waals surface area contributed by atoms with Gasteiger partial charge in [0.2, 0.25) is 10.0 Å². The first-order chi connectivity index (χ1) is 14.0. The van der Waals surface area contributed by atoms with Gasteiger partial charge in [-0.2, -0.15) is 0 Å². The molecule has 2 aromatic rings. The first-order valence-electron chi connectivity index (χ1n) is 10.1. The molecule has 0 unspecified atom stereocenters. The normalized spacial score (nSPS) is 17.7. The van der Waals surface area contributed by atoms with E-state index in [-0.39, 0.29) is 11.2 Å². The molecular formula is C22H28N4O2S. The van der Waals surface area contributed by atoms with Crippen molar-refractivity contribution in [3.63, 3.8) is 0 Å². The van der Waals surface area contributed by atoms with Crippen molar-refractivity contribution >= 4 is 21.7 Å². The van der Waals surface area contributed by atoms with Crippen LogP contribution in [0.2, 0.25) is 0 Å². The summed E-state index contributed by atoms with van der Waals surface area (Å²) in [6.07, 6.45) is 3.08. The molecule has 29 heavy (non-hydrogen) atoms. The highest BCUT2D eigenvalue weighted by Gasteiger charge is 2.44. The van der Waals surface area contributed by atoms with Crippen LogP contribution in [0.15, 0.2) is 59.6 Å². The van der Waals surface area contributed by atoms with Crippen molar-refractivity contribution in [2.45, 2.75) is 24.7 Å². The van der Waals surface area contributed by atoms with Gasteiger partial charge in [-0.25, -0.2) is 8.42 Å². The summed E-state index contributed by atoms with van der Waals surface area (Å²) in [6, 6.07) is 18.2. The summed E-state index contributed by atoms with van der Waals surface area (Å²) < 4.78 is 27.1. The highest BCUT2D eigenvalue weighted by molar-refractivity contribution is 7.92. The molecule has 0 spiro atoms. The molecule has 154 valence electrons. The van der Waals surface area contributed by atoms with Crippen molar-refractivity contribution in [2.24, 2.45) is 4.99 Å². The molecule has 2 aliphatic rings. The summed E-state index contributed by atoms with van der Waals surface area (Å²) in [6.45, 7) is 1.64. The number of hydrogen-bond acceptors (Lipinski definition) is 3. The zero-order chi connectivity index (χ0) is 20.3. The Kier molecular flexibility index (Phi) is 5.50. The van der Waals surface area contributed by atoms with Crippen LogP contribution in [-0.4, -0.2) is 46.8 Å². The SMILES string of the molecule is CN=C(NCCS(=O)(=O)N1CCc2ccccc21)NCC1(c2ccccc2)CC1. The van der Waals surface area contributed by atoms with Crippen molar-refractivity contribution in [1.82, 2.24) is 10.6 Å². The van der Waals surface area contributed by atoms with Gasteiger partial charge in [-0.1, -0.05) is 48.5 Å². The Morgan fingerprint density at radius 1 is 1.07 bits per heavy atom. The van der Waals surface area contributed by atoms with Crippen molar-refractivity contribution in [2.75, 3.05) is 36.7 Å². The van der Waals surface area contributed by atoms with Crippen molar-refractivity contribution in [3.8, 4) is 0 Å². The molecule has 0 aromatic heterocycles. The molecule has 7 heteroatoms. The first-order valence-corrected chi connectivity index (χ1v) is 11.7. The van der Waals surface area contributed by atoms with Gasteiger partial charge in [-0.3, -0.25) is 9.30 Å². The van der Waals surface area contributed by atoms with E-state index in [1.54, 1.807) is 7.05 Å². The minimum absolute atomic E-state index is 0.0336. The highest BCUT2D eigenvalue weighted by atomic mass is 32.2. The van der Waals surface area contributed by atoms with E-state index in [1.165, 1.54) is 9.87 Å². The number of benzene rings is 2. The van der Waals surface area contributed by atoms with Gasteiger partial charge in [-0.15, -0.1) is 0 Å². The lowest BCUT2D eigenvalue weighted by Gasteiger charge is -2.21. The first kappa shape index (κ1) is 19.8. The van der Waals surface area contributed by atoms with Gasteiger partial charge in [0, 0.05) is 32.1 Å². The van der Waals surface area contributed by atoms with E-state index in [1.807, 2.05) is 30.3 Å². The largest absolute Gasteiger partial charge is 0.356 e. The van der Waals surface area contributed by atoms with Crippen LogP contribution in [0.5, 0.6) is 0 Å². The van der Waals surface area contributed by atoms with Crippen LogP contribution < -0.4 is 14.9 Å². The molecule has 1 aliphatic carbocycles. The minimum atomic E-state index is -3.36. The van der Waals surface area contributed by atoms with Crippen molar-refractivity contribution in [3.05, 3.63) is 65.7 Å². The molecule has 1 fully saturated rings. The smallest absolute Gasteiger partial charge is 0.236 e. The van der Waals surface area contributed by atoms with E-state index in [0.717, 1.165) is 37.1 Å². The molecule has 1 aliphatic heterocycles. The van der Waals surface area contributed by atoms with Gasteiger partial charge in [0.1, 0.15) is 0 Å². The fraction of sp³-hybridized carbons (Fsp3) is 0.409. The number of fused-ring (bicyclic) bond motifs is 1. The van der Waals surface area contributed by atoms with E-state index >= 15 is 0 Å². The van der Waals surface area contributed by atoms with Crippen LogP contribution >= 0.6 is 0 Å². The Labute approximate surface area is 173 Å². The molecular weight excluding hydrogens is 384 g/mol. The van der Waals surface area contributed by atoms with Crippen molar-refractivity contribution < 1.29 is 8.42 Å². The molecule has 2 aromatic carbocycles. The van der Waals surface area contributed by atoms with Crippen LogP contribution in [0.4, 0.5) is 5.69 Å². The maximum absolute atomic E-state index is 12.8. The molecule has 0 atom stereocenters. The second kappa shape index (κ2) is 8.06. The summed E-state index contributed by atoms with van der Waals surface area (Å²) >= 11 is 0. The Hall–Kier alpha value is -2.54. The number of sulfonamides is 1. The lowest BCUT2D eigenvalue weighted by Crippen LogP contribution is -2.44. The fourth-order valence-corrected chi connectivity index (χ4v) is 5.42. The molecule has 4 rings (SSSR count). The number of guanidine groups is 1. The van der Waals surface area contributed by atoms with Crippen LogP contribution in [-0.2, 0) is 21.9 Å². The molecule has 0 amide bonds. The molecule has 0 saturated heterocycles. The summed E-state index contributed by atoms with van der Waals surface area (Å²) in [5.41, 5.74) is 3.42. The van der Waals surface area contributed by atoms with E-state index in [9.17, 15) is 8.42 Å². The standard InChI is InChI=1S/C22H28N4O2S/c1-23-21(25-17-22(12-13-22)19-8-3-2-4-9-19)24-14-16-29(27,28)26-15-11-18-7-5-6-10-20(18)26/h2-10H,11-17H2,1H3,(H2,23,24,25). The predicted molar refractivity (Wildman–Crippen MR) is 118 cm³/mol. The van der Waals surface area contributed by atoms with Gasteiger partial charge < -0.3 is 10.6 Å². The number of anilines is 1. The second-order valence-corrected chi connectivity index (χ2v) is 9.78. The average Bonchev–Trinajstić information content (AvgIpc) is 3.41. The van der Waals surface area contributed by atoms with Gasteiger partial charge >= 0.3 is 0 Å². The highest BCUT2D eigenvalue weighted by Crippen LogP contribution is 2.47. The predicted octanol–water partition coefficient (Wildman–Crippen LogP) is 2.28. The van der Waals surface area contributed by atoms with E-state index in [0.29, 0.717) is 19.0 Å². The summed E-state index contributed by atoms with van der Waals surface area (Å²) in [7, 11) is -1.65. The number of rotatable bonds is 7. The van der Waals surface area contributed by atoms with E-state index in [2.05, 4.69) is 39.9 Å². The lowest BCUT2D eigenvalue weighted by molar-refractivity contribution is 0.590. The third-order valence-electron chi connectivity index (χ3n) is 5.89. The number of nitrogens with zero attached hydrogens (tertiary/aromatic N) is 2. The molecule has 2 N–H and O–H groups in total. The zero-order valence-corrected chi connectivity index (χ0v) is 17.6. The van der Waals surface area contributed by atoms with Crippen LogP contribution in [0, 0.1) is 0 Å². The van der Waals surface area contributed by atoms with E-state index in [4.69, 9.17) is 0 Å². The molecule has 0 radical (unpaired) electrons. The molecule has 0 bridgehead atoms. The zero-order valence-electron chi connectivity index (χ0n) is 16.8. The number of nitrogens with one attached hydrogen (secondary N) is 2. The summed E-state index contributed by atoms with van der Waals surface area (Å²) in [4.78, 5) is 4.25. The Bertz CT molecular complexity index is 985. The Morgan fingerprint density at radius 2 is 1.79 bits per heavy atom. The van der Waals surface area contributed by atoms with Gasteiger partial charge in [0.15, 0.2) is 5.96 Å². The van der Waals surface area contributed by atoms with Gasteiger partial charge in [0.05, 0.1) is 11.4 Å². The second-order valence-electron chi connectivity index (χ2n) is 7.77. The number of hydrogen-bond donors (Lipinski definition) is 2. The Morgan fingerprint density at radius 3 is 2.52 bits per heavy atom. The maximum atomic E-state index is 12.8. The van der Waals surface area contributed by atoms with Gasteiger partial charge in [0.25, 0.3) is 0 Å². The third kappa shape index (κ3) is 4.24. The monoisotopic (exact) mass is 412 g/mol. The summed E-state index contributed by atoms with van der Waals surface area (Å²) in [5.74, 6) is 0.676. The van der Waals surface area contributed by atoms with Gasteiger partial charge in [-0.05, 0) is 36.5 Å². The maximum Gasteiger partial charge on any atom is 0.236 e. The molecule has 1 saturated carbocycles. The number of para-hydroxylation sites is 1. The topological polar surface area (TPSA) is 73.8 Å². The van der Waals surface area contributed by atoms with Crippen LogP contribution in [0.1, 0.15) is 24.0 Å². The molecule has 6 nitrogen and oxygen atoms in total. The lowest BCUT2D eigenvalue weighted by atomic mass is 9.96. The van der Waals surface area contributed by atoms with Crippen LogP contribution in [0.25, 0.3) is 0 Å². The number of aliphatic imine (C=N–C) groups is 1.